The van der Waals surface area contributed by atoms with Gasteiger partial charge in [-0.25, -0.2) is 4.39 Å². The lowest BCUT2D eigenvalue weighted by Gasteiger charge is -2.32. The molecule has 21 heavy (non-hydrogen) atoms. The molecule has 0 spiro atoms. The van der Waals surface area contributed by atoms with Gasteiger partial charge in [-0.05, 0) is 25.0 Å². The van der Waals surface area contributed by atoms with Gasteiger partial charge < -0.3 is 14.6 Å². The minimum atomic E-state index is -0.488. The summed E-state index contributed by atoms with van der Waals surface area (Å²) in [6.45, 7) is 2.17. The van der Waals surface area contributed by atoms with Gasteiger partial charge in [-0.15, -0.1) is 5.10 Å². The summed E-state index contributed by atoms with van der Waals surface area (Å²) < 4.78 is 19.1. The molecule has 0 aliphatic carbocycles. The highest BCUT2D eigenvalue weighted by atomic mass is 19.1. The first-order chi connectivity index (χ1) is 10.1. The number of nitrogens with zero attached hydrogens (tertiary/aromatic N) is 3. The number of rotatable bonds is 3. The molecule has 1 aromatic heterocycles. The zero-order valence-corrected chi connectivity index (χ0v) is 11.5. The van der Waals surface area contributed by atoms with E-state index >= 15 is 0 Å². The third-order valence-corrected chi connectivity index (χ3v) is 3.41. The lowest BCUT2D eigenvalue weighted by Crippen LogP contribution is -2.48. The number of piperidine rings is 1. The fraction of sp³-hybridized carbons (Fsp3) is 0.357. The first-order valence-electron chi connectivity index (χ1n) is 6.77. The molecule has 1 saturated heterocycles. The van der Waals surface area contributed by atoms with Gasteiger partial charge in [-0.3, -0.25) is 4.79 Å². The second-order valence-corrected chi connectivity index (χ2v) is 4.91. The molecule has 2 aromatic rings. The Labute approximate surface area is 121 Å². The second kappa shape index (κ2) is 5.51. The largest absolute Gasteiger partial charge is 0.408 e. The van der Waals surface area contributed by atoms with Crippen LogP contribution >= 0.6 is 0 Å². The number of amides is 1. The molecule has 0 saturated carbocycles. The molecule has 1 aliphatic rings. The van der Waals surface area contributed by atoms with E-state index in [1.165, 1.54) is 11.0 Å². The molecule has 1 aromatic carbocycles. The first kappa shape index (κ1) is 13.5. The average Bonchev–Trinajstić information content (AvgIpc) is 2.88. The quantitative estimate of drug-likeness (QED) is 0.937. The van der Waals surface area contributed by atoms with Crippen LogP contribution in [0.1, 0.15) is 18.7 Å². The van der Waals surface area contributed by atoms with Crippen molar-refractivity contribution in [1.82, 2.24) is 10.2 Å². The molecule has 1 amide bonds. The van der Waals surface area contributed by atoms with Gasteiger partial charge in [0.15, 0.2) is 0 Å². The van der Waals surface area contributed by atoms with Crippen molar-refractivity contribution < 1.29 is 13.6 Å². The molecule has 1 atom stereocenters. The van der Waals surface area contributed by atoms with E-state index in [2.05, 4.69) is 15.5 Å². The van der Waals surface area contributed by atoms with Crippen LogP contribution in [-0.2, 0) is 4.79 Å². The standard InChI is InChI=1S/C14H15FN4O2/c1-9-17-18-14(21-9)16-11-6-4-8-19(13(11)20)12-7-3-2-5-10(12)15/h2-3,5,7,11H,4,6,8H2,1H3,(H,16,18). The summed E-state index contributed by atoms with van der Waals surface area (Å²) in [7, 11) is 0. The number of halogens is 1. The van der Waals surface area contributed by atoms with Crippen LogP contribution in [-0.4, -0.2) is 28.7 Å². The Hall–Kier alpha value is -2.44. The monoisotopic (exact) mass is 290 g/mol. The molecule has 1 aliphatic heterocycles. The van der Waals surface area contributed by atoms with Crippen LogP contribution < -0.4 is 10.2 Å². The van der Waals surface area contributed by atoms with Crippen LogP contribution in [0.2, 0.25) is 0 Å². The highest BCUT2D eigenvalue weighted by molar-refractivity contribution is 5.99. The molecule has 7 heteroatoms. The third kappa shape index (κ3) is 2.72. The van der Waals surface area contributed by atoms with E-state index in [4.69, 9.17) is 4.42 Å². The molecule has 1 unspecified atom stereocenters. The minimum Gasteiger partial charge on any atom is -0.408 e. The topological polar surface area (TPSA) is 71.3 Å². The molecule has 110 valence electrons. The van der Waals surface area contributed by atoms with Gasteiger partial charge in [0.05, 0.1) is 5.69 Å². The number of aryl methyl sites for hydroxylation is 1. The fourth-order valence-corrected chi connectivity index (χ4v) is 2.42. The fourth-order valence-electron chi connectivity index (χ4n) is 2.42. The molecule has 0 radical (unpaired) electrons. The SMILES string of the molecule is Cc1nnc(NC2CCCN(c3ccccc3F)C2=O)o1. The Bertz CT molecular complexity index is 658. The molecule has 1 fully saturated rings. The number of carbonyl (C=O) groups is 1. The van der Waals surface area contributed by atoms with E-state index in [-0.39, 0.29) is 11.9 Å². The lowest BCUT2D eigenvalue weighted by molar-refractivity contribution is -0.120. The van der Waals surface area contributed by atoms with Crippen LogP contribution in [0.25, 0.3) is 0 Å². The second-order valence-electron chi connectivity index (χ2n) is 4.91. The summed E-state index contributed by atoms with van der Waals surface area (Å²) in [5, 5.41) is 10.4. The smallest absolute Gasteiger partial charge is 0.316 e. The highest BCUT2D eigenvalue weighted by Crippen LogP contribution is 2.25. The van der Waals surface area contributed by atoms with Crippen LogP contribution in [0, 0.1) is 12.7 Å². The van der Waals surface area contributed by atoms with Gasteiger partial charge in [0.2, 0.25) is 11.8 Å². The maximum absolute atomic E-state index is 13.8. The number of para-hydroxylation sites is 1. The molecule has 3 rings (SSSR count). The molecule has 1 N–H and O–H groups in total. The van der Waals surface area contributed by atoms with Gasteiger partial charge in [0.25, 0.3) is 0 Å². The van der Waals surface area contributed by atoms with Gasteiger partial charge in [0.1, 0.15) is 11.9 Å². The van der Waals surface area contributed by atoms with Crippen LogP contribution in [0.3, 0.4) is 0 Å². The van der Waals surface area contributed by atoms with Crippen molar-refractivity contribution in [3.05, 3.63) is 36.0 Å². The summed E-state index contributed by atoms with van der Waals surface area (Å²) in [6, 6.07) is 5.99. The van der Waals surface area contributed by atoms with Crippen molar-refractivity contribution in [3.63, 3.8) is 0 Å². The first-order valence-corrected chi connectivity index (χ1v) is 6.77. The maximum Gasteiger partial charge on any atom is 0.316 e. The van der Waals surface area contributed by atoms with Gasteiger partial charge >= 0.3 is 6.01 Å². The Balaban J connectivity index is 1.79. The number of hydrogen-bond acceptors (Lipinski definition) is 5. The Kier molecular flexibility index (Phi) is 3.55. The predicted molar refractivity (Wildman–Crippen MR) is 74.4 cm³/mol. The minimum absolute atomic E-state index is 0.192. The lowest BCUT2D eigenvalue weighted by atomic mass is 10.0. The van der Waals surface area contributed by atoms with Crippen LogP contribution in [0.5, 0.6) is 0 Å². The molecular formula is C14H15FN4O2. The van der Waals surface area contributed by atoms with Crippen molar-refractivity contribution in [2.24, 2.45) is 0 Å². The Morgan fingerprint density at radius 2 is 2.19 bits per heavy atom. The summed E-state index contributed by atoms with van der Waals surface area (Å²) in [6.07, 6.45) is 1.41. The summed E-state index contributed by atoms with van der Waals surface area (Å²) >= 11 is 0. The zero-order valence-electron chi connectivity index (χ0n) is 11.5. The molecule has 0 bridgehead atoms. The summed E-state index contributed by atoms with van der Waals surface area (Å²) in [4.78, 5) is 14.0. The maximum atomic E-state index is 13.8. The van der Waals surface area contributed by atoms with Crippen molar-refractivity contribution in [2.75, 3.05) is 16.8 Å². The molecular weight excluding hydrogens is 275 g/mol. The Morgan fingerprint density at radius 1 is 1.38 bits per heavy atom. The van der Waals surface area contributed by atoms with E-state index < -0.39 is 11.9 Å². The molecule has 2 heterocycles. The zero-order chi connectivity index (χ0) is 14.8. The van der Waals surface area contributed by atoms with E-state index in [0.29, 0.717) is 24.5 Å². The van der Waals surface area contributed by atoms with E-state index in [1.807, 2.05) is 0 Å². The Morgan fingerprint density at radius 3 is 2.90 bits per heavy atom. The van der Waals surface area contributed by atoms with Crippen molar-refractivity contribution in [1.29, 1.82) is 0 Å². The van der Waals surface area contributed by atoms with Crippen LogP contribution in [0.15, 0.2) is 28.7 Å². The van der Waals surface area contributed by atoms with E-state index in [9.17, 15) is 9.18 Å². The number of anilines is 2. The number of aromatic nitrogens is 2. The van der Waals surface area contributed by atoms with Gasteiger partial charge in [0, 0.05) is 13.5 Å². The highest BCUT2D eigenvalue weighted by Gasteiger charge is 2.31. The van der Waals surface area contributed by atoms with E-state index in [1.54, 1.807) is 25.1 Å². The number of carbonyl (C=O) groups excluding carboxylic acids is 1. The average molecular weight is 290 g/mol. The summed E-state index contributed by atoms with van der Waals surface area (Å²) in [5.74, 6) is -0.172. The third-order valence-electron chi connectivity index (χ3n) is 3.41. The van der Waals surface area contributed by atoms with Crippen molar-refractivity contribution >= 4 is 17.6 Å². The van der Waals surface area contributed by atoms with Crippen molar-refractivity contribution in [2.45, 2.75) is 25.8 Å². The summed E-state index contributed by atoms with van der Waals surface area (Å²) in [5.41, 5.74) is 0.302. The normalized spacial score (nSPS) is 18.9. The predicted octanol–water partition coefficient (Wildman–Crippen LogP) is 2.12. The van der Waals surface area contributed by atoms with Crippen molar-refractivity contribution in [3.8, 4) is 0 Å². The van der Waals surface area contributed by atoms with Gasteiger partial charge in [-0.2, -0.15) is 0 Å². The molecule has 6 nitrogen and oxygen atoms in total. The number of nitrogens with one attached hydrogen (secondary N) is 1. The number of hydrogen-bond donors (Lipinski definition) is 1. The van der Waals surface area contributed by atoms with Crippen LogP contribution in [0.4, 0.5) is 16.1 Å². The van der Waals surface area contributed by atoms with Gasteiger partial charge in [-0.1, -0.05) is 17.2 Å². The van der Waals surface area contributed by atoms with E-state index in [0.717, 1.165) is 6.42 Å². The number of benzene rings is 1.